The van der Waals surface area contributed by atoms with Gasteiger partial charge in [0.15, 0.2) is 0 Å². The van der Waals surface area contributed by atoms with Gasteiger partial charge in [-0.05, 0) is 38.2 Å². The van der Waals surface area contributed by atoms with Crippen molar-refractivity contribution in [2.24, 2.45) is 5.92 Å². The summed E-state index contributed by atoms with van der Waals surface area (Å²) in [5.41, 5.74) is 2.02. The van der Waals surface area contributed by atoms with E-state index in [2.05, 4.69) is 27.1 Å². The number of hydrogen-bond acceptors (Lipinski definition) is 6. The summed E-state index contributed by atoms with van der Waals surface area (Å²) >= 11 is 0. The molecule has 2 aromatic heterocycles. The molecule has 1 saturated heterocycles. The summed E-state index contributed by atoms with van der Waals surface area (Å²) in [4.78, 5) is 18.6. The Kier molecular flexibility index (Phi) is 4.68. The van der Waals surface area contributed by atoms with E-state index in [4.69, 9.17) is 4.74 Å². The van der Waals surface area contributed by atoms with E-state index in [-0.39, 0.29) is 18.6 Å². The van der Waals surface area contributed by atoms with Crippen molar-refractivity contribution >= 4 is 5.91 Å². The lowest BCUT2D eigenvalue weighted by molar-refractivity contribution is -0.131. The number of likely N-dealkylation sites (tertiary alicyclic amines) is 1. The fraction of sp³-hybridized carbons (Fsp3) is 0.524. The zero-order chi connectivity index (χ0) is 19.8. The van der Waals surface area contributed by atoms with Gasteiger partial charge in [-0.1, -0.05) is 17.1 Å². The van der Waals surface area contributed by atoms with Crippen LogP contribution in [0.15, 0.2) is 18.5 Å². The first-order valence-electron chi connectivity index (χ1n) is 10.2. The molecule has 3 fully saturated rings. The van der Waals surface area contributed by atoms with Crippen LogP contribution in [0, 0.1) is 17.8 Å². The van der Waals surface area contributed by atoms with Gasteiger partial charge in [-0.15, -0.1) is 5.10 Å². The van der Waals surface area contributed by atoms with Crippen molar-refractivity contribution in [3.05, 3.63) is 24.0 Å². The third-order valence-corrected chi connectivity index (χ3v) is 5.26. The molecule has 8 heteroatoms. The van der Waals surface area contributed by atoms with Crippen molar-refractivity contribution in [2.45, 2.75) is 50.9 Å². The van der Waals surface area contributed by atoms with Gasteiger partial charge in [-0.3, -0.25) is 4.79 Å². The molecule has 2 aromatic rings. The normalized spacial score (nSPS) is 21.0. The molecule has 0 radical (unpaired) electrons. The molecule has 8 nitrogen and oxygen atoms in total. The van der Waals surface area contributed by atoms with E-state index in [1.807, 2.05) is 6.07 Å². The molecule has 1 amide bonds. The topological polar surface area (TPSA) is 93.4 Å². The lowest BCUT2D eigenvalue weighted by Gasteiger charge is -2.14. The standard InChI is InChI=1S/C21H23N5O3/c27-16-7-8-25(11-16)20(28)13-26-12-18(23-24-26)21-19(29-17-5-6-17)9-15(10-22-21)4-3-14-1-2-14/h9-10,12,14,16-17,27H,1-2,5-8,11,13H2. The molecule has 150 valence electrons. The van der Waals surface area contributed by atoms with E-state index in [9.17, 15) is 9.90 Å². The quantitative estimate of drug-likeness (QED) is 0.768. The van der Waals surface area contributed by atoms with Gasteiger partial charge < -0.3 is 14.7 Å². The number of pyridine rings is 1. The van der Waals surface area contributed by atoms with Crippen molar-refractivity contribution < 1.29 is 14.6 Å². The minimum Gasteiger partial charge on any atom is -0.488 e. The van der Waals surface area contributed by atoms with Gasteiger partial charge in [-0.2, -0.15) is 0 Å². The van der Waals surface area contributed by atoms with Gasteiger partial charge in [0.25, 0.3) is 0 Å². The second kappa shape index (κ2) is 7.48. The molecule has 1 N–H and O–H groups in total. The maximum absolute atomic E-state index is 12.4. The minimum absolute atomic E-state index is 0.0777. The third-order valence-electron chi connectivity index (χ3n) is 5.26. The van der Waals surface area contributed by atoms with Crippen LogP contribution in [-0.4, -0.2) is 61.2 Å². The second-order valence-electron chi connectivity index (χ2n) is 8.02. The van der Waals surface area contributed by atoms with Crippen LogP contribution in [0.2, 0.25) is 0 Å². The molecular weight excluding hydrogens is 370 g/mol. The van der Waals surface area contributed by atoms with Crippen molar-refractivity contribution in [1.29, 1.82) is 0 Å². The van der Waals surface area contributed by atoms with Crippen LogP contribution in [0.3, 0.4) is 0 Å². The fourth-order valence-corrected chi connectivity index (χ4v) is 3.26. The zero-order valence-corrected chi connectivity index (χ0v) is 16.1. The van der Waals surface area contributed by atoms with Gasteiger partial charge in [0.05, 0.1) is 18.4 Å². The molecule has 1 aliphatic heterocycles. The van der Waals surface area contributed by atoms with E-state index in [0.29, 0.717) is 42.6 Å². The van der Waals surface area contributed by atoms with Crippen molar-refractivity contribution in [3.63, 3.8) is 0 Å². The summed E-state index contributed by atoms with van der Waals surface area (Å²) in [5, 5.41) is 17.9. The Balaban J connectivity index is 1.34. The molecule has 2 saturated carbocycles. The Morgan fingerprint density at radius 3 is 2.86 bits per heavy atom. The molecular formula is C21H23N5O3. The summed E-state index contributed by atoms with van der Waals surface area (Å²) < 4.78 is 7.55. The Morgan fingerprint density at radius 1 is 1.28 bits per heavy atom. The van der Waals surface area contributed by atoms with Gasteiger partial charge >= 0.3 is 0 Å². The van der Waals surface area contributed by atoms with Gasteiger partial charge in [0.2, 0.25) is 5.91 Å². The van der Waals surface area contributed by atoms with Crippen LogP contribution in [0.4, 0.5) is 0 Å². The predicted molar refractivity (Wildman–Crippen MR) is 104 cm³/mol. The van der Waals surface area contributed by atoms with Crippen LogP contribution < -0.4 is 4.74 Å². The van der Waals surface area contributed by atoms with Crippen LogP contribution in [0.5, 0.6) is 5.75 Å². The van der Waals surface area contributed by atoms with Gasteiger partial charge in [0.1, 0.15) is 23.7 Å². The SMILES string of the molecule is O=C(Cn1cc(-c2ncc(C#CC3CC3)cc2OC2CC2)nn1)N1CCC(O)C1. The van der Waals surface area contributed by atoms with E-state index >= 15 is 0 Å². The molecule has 3 heterocycles. The van der Waals surface area contributed by atoms with E-state index in [1.165, 1.54) is 17.5 Å². The molecule has 0 bridgehead atoms. The smallest absolute Gasteiger partial charge is 0.244 e. The number of carbonyl (C=O) groups excluding carboxylic acids is 1. The number of β-amino-alcohol motifs (C(OH)–C–C–N with tert-alkyl or cyclic N) is 1. The highest BCUT2D eigenvalue weighted by atomic mass is 16.5. The number of amides is 1. The highest BCUT2D eigenvalue weighted by Crippen LogP contribution is 2.33. The van der Waals surface area contributed by atoms with Gasteiger partial charge in [0, 0.05) is 30.8 Å². The molecule has 5 rings (SSSR count). The van der Waals surface area contributed by atoms with E-state index in [1.54, 1.807) is 17.3 Å². The lowest BCUT2D eigenvalue weighted by atomic mass is 10.2. The molecule has 0 aromatic carbocycles. The first-order chi connectivity index (χ1) is 14.1. The van der Waals surface area contributed by atoms with Crippen LogP contribution in [0.25, 0.3) is 11.4 Å². The fourth-order valence-electron chi connectivity index (χ4n) is 3.26. The zero-order valence-electron chi connectivity index (χ0n) is 16.1. The number of rotatable bonds is 5. The molecule has 0 spiro atoms. The highest BCUT2D eigenvalue weighted by molar-refractivity contribution is 5.76. The lowest BCUT2D eigenvalue weighted by Crippen LogP contribution is -2.32. The monoisotopic (exact) mass is 393 g/mol. The number of aromatic nitrogens is 4. The summed E-state index contributed by atoms with van der Waals surface area (Å²) in [6, 6.07) is 1.92. The molecule has 2 aliphatic carbocycles. The Labute approximate surface area is 168 Å². The summed E-state index contributed by atoms with van der Waals surface area (Å²) in [6.45, 7) is 1.04. The second-order valence-corrected chi connectivity index (χ2v) is 8.02. The van der Waals surface area contributed by atoms with Crippen LogP contribution in [0.1, 0.15) is 37.7 Å². The number of nitrogens with zero attached hydrogens (tertiary/aromatic N) is 5. The average Bonchev–Trinajstić information content (AvgIpc) is 3.62. The summed E-state index contributed by atoms with van der Waals surface area (Å²) in [5.74, 6) is 7.54. The number of aliphatic hydroxyl groups is 1. The Bertz CT molecular complexity index is 984. The molecule has 1 atom stereocenters. The maximum Gasteiger partial charge on any atom is 0.244 e. The van der Waals surface area contributed by atoms with Crippen molar-refractivity contribution in [1.82, 2.24) is 24.9 Å². The number of aliphatic hydroxyl groups excluding tert-OH is 1. The number of hydrogen-bond donors (Lipinski definition) is 1. The predicted octanol–water partition coefficient (Wildman–Crippen LogP) is 1.24. The Morgan fingerprint density at radius 2 is 2.14 bits per heavy atom. The number of ether oxygens (including phenoxy) is 1. The minimum atomic E-state index is -0.432. The third kappa shape index (κ3) is 4.40. The van der Waals surface area contributed by atoms with Crippen molar-refractivity contribution in [3.8, 4) is 29.0 Å². The maximum atomic E-state index is 12.4. The van der Waals surface area contributed by atoms with Gasteiger partial charge in [-0.25, -0.2) is 9.67 Å². The van der Waals surface area contributed by atoms with Crippen LogP contribution >= 0.6 is 0 Å². The van der Waals surface area contributed by atoms with Crippen molar-refractivity contribution in [2.75, 3.05) is 13.1 Å². The van der Waals surface area contributed by atoms with E-state index < -0.39 is 6.10 Å². The average molecular weight is 393 g/mol. The molecule has 29 heavy (non-hydrogen) atoms. The molecule has 1 unspecified atom stereocenters. The highest BCUT2D eigenvalue weighted by Gasteiger charge is 2.27. The number of carbonyl (C=O) groups is 1. The largest absolute Gasteiger partial charge is 0.488 e. The summed E-state index contributed by atoms with van der Waals surface area (Å²) in [6.07, 6.45) is 8.31. The van der Waals surface area contributed by atoms with E-state index in [0.717, 1.165) is 18.4 Å². The summed E-state index contributed by atoms with van der Waals surface area (Å²) in [7, 11) is 0. The first kappa shape index (κ1) is 18.1. The molecule has 3 aliphatic rings. The van der Waals surface area contributed by atoms with Crippen LogP contribution in [-0.2, 0) is 11.3 Å². The Hall–Kier alpha value is -2.92. The first-order valence-corrected chi connectivity index (χ1v) is 10.2.